The van der Waals surface area contributed by atoms with E-state index in [2.05, 4.69) is 0 Å². The summed E-state index contributed by atoms with van der Waals surface area (Å²) in [6.07, 6.45) is 0. The van der Waals surface area contributed by atoms with Crippen LogP contribution in [0.3, 0.4) is 0 Å². The summed E-state index contributed by atoms with van der Waals surface area (Å²) in [6.45, 7) is 3.95. The summed E-state index contributed by atoms with van der Waals surface area (Å²) in [5.41, 5.74) is 1.59. The maximum absolute atomic E-state index is 12.9. The number of para-hydroxylation sites is 2. The Kier molecular flexibility index (Phi) is 5.27. The van der Waals surface area contributed by atoms with Crippen LogP contribution in [0.2, 0.25) is 0 Å². The smallest absolute Gasteiger partial charge is 0.298 e. The first-order valence-corrected chi connectivity index (χ1v) is 8.99. The predicted octanol–water partition coefficient (Wildman–Crippen LogP) is 4.62. The largest absolute Gasteiger partial charge is 0.492 e. The lowest BCUT2D eigenvalue weighted by Crippen LogP contribution is -2.28. The van der Waals surface area contributed by atoms with Gasteiger partial charge in [0.25, 0.3) is 16.8 Å². The molecule has 138 valence electrons. The highest BCUT2D eigenvalue weighted by molar-refractivity contribution is 8.19. The van der Waals surface area contributed by atoms with E-state index in [9.17, 15) is 19.7 Å². The Morgan fingerprint density at radius 1 is 1.15 bits per heavy atom. The van der Waals surface area contributed by atoms with E-state index >= 15 is 0 Å². The topological polar surface area (TPSA) is 89.8 Å². The first-order chi connectivity index (χ1) is 12.9. The first kappa shape index (κ1) is 18.7. The molecule has 0 aromatic heterocycles. The van der Waals surface area contributed by atoms with Crippen molar-refractivity contribution < 1.29 is 19.2 Å². The van der Waals surface area contributed by atoms with Gasteiger partial charge in [-0.05, 0) is 61.0 Å². The molecule has 0 bridgehead atoms. The maximum Gasteiger partial charge on any atom is 0.298 e. The minimum atomic E-state index is -0.488. The van der Waals surface area contributed by atoms with E-state index in [0.29, 0.717) is 34.1 Å². The molecule has 2 amide bonds. The summed E-state index contributed by atoms with van der Waals surface area (Å²) in [5.74, 6) is 0.0181. The van der Waals surface area contributed by atoms with Gasteiger partial charge < -0.3 is 4.74 Å². The highest BCUT2D eigenvalue weighted by atomic mass is 32.2. The van der Waals surface area contributed by atoms with Gasteiger partial charge in [-0.1, -0.05) is 12.1 Å². The molecule has 0 saturated carbocycles. The zero-order valence-electron chi connectivity index (χ0n) is 14.7. The van der Waals surface area contributed by atoms with E-state index in [-0.39, 0.29) is 5.69 Å². The molecule has 7 nitrogen and oxygen atoms in total. The van der Waals surface area contributed by atoms with Gasteiger partial charge in [0.05, 0.1) is 22.1 Å². The van der Waals surface area contributed by atoms with Crippen LogP contribution in [0.25, 0.3) is 5.57 Å². The number of carbonyl (C=O) groups excluding carboxylic acids is 2. The van der Waals surface area contributed by atoms with Crippen LogP contribution < -0.4 is 9.64 Å². The fourth-order valence-electron chi connectivity index (χ4n) is 2.69. The number of nitro benzene ring substituents is 1. The summed E-state index contributed by atoms with van der Waals surface area (Å²) in [7, 11) is 0. The normalized spacial score (nSPS) is 15.9. The summed E-state index contributed by atoms with van der Waals surface area (Å²) in [4.78, 5) is 37.1. The number of hydrogen-bond donors (Lipinski definition) is 0. The summed E-state index contributed by atoms with van der Waals surface area (Å²) in [5, 5.41) is 10.4. The van der Waals surface area contributed by atoms with Crippen molar-refractivity contribution in [2.45, 2.75) is 13.8 Å². The molecule has 1 aliphatic rings. The quantitative estimate of drug-likeness (QED) is 0.424. The Labute approximate surface area is 159 Å². The van der Waals surface area contributed by atoms with Crippen molar-refractivity contribution in [3.8, 4) is 5.75 Å². The molecule has 1 aliphatic heterocycles. The molecule has 8 heteroatoms. The molecule has 0 spiro atoms. The third-order valence-electron chi connectivity index (χ3n) is 4.03. The van der Waals surface area contributed by atoms with Crippen molar-refractivity contribution in [2.75, 3.05) is 11.5 Å². The number of benzene rings is 2. The lowest BCUT2D eigenvalue weighted by molar-refractivity contribution is -0.384. The molecule has 2 aromatic carbocycles. The van der Waals surface area contributed by atoms with Gasteiger partial charge >= 0.3 is 0 Å². The minimum Gasteiger partial charge on any atom is -0.492 e. The number of nitrogens with zero attached hydrogens (tertiary/aromatic N) is 2. The molecule has 0 N–H and O–H groups in total. The third kappa shape index (κ3) is 3.56. The Bertz CT molecular complexity index is 953. The van der Waals surface area contributed by atoms with Gasteiger partial charge in [-0.15, -0.1) is 0 Å². The van der Waals surface area contributed by atoms with E-state index in [1.54, 1.807) is 43.3 Å². The SMILES string of the molecule is CCOc1ccccc1N1C(=O)S/C(=C(/C)c2ccc([N+](=O)[O-])cc2)C1=O. The number of rotatable bonds is 5. The van der Waals surface area contributed by atoms with E-state index in [4.69, 9.17) is 4.74 Å². The lowest BCUT2D eigenvalue weighted by atomic mass is 10.1. The zero-order valence-corrected chi connectivity index (χ0v) is 15.5. The Balaban J connectivity index is 1.98. The second-order valence-electron chi connectivity index (χ2n) is 5.67. The summed E-state index contributed by atoms with van der Waals surface area (Å²) in [6, 6.07) is 12.7. The van der Waals surface area contributed by atoms with Crippen molar-refractivity contribution in [2.24, 2.45) is 0 Å². The second kappa shape index (κ2) is 7.63. The van der Waals surface area contributed by atoms with E-state index < -0.39 is 16.1 Å². The molecule has 1 heterocycles. The van der Waals surface area contributed by atoms with Crippen LogP contribution in [-0.2, 0) is 4.79 Å². The first-order valence-electron chi connectivity index (χ1n) is 8.17. The molecule has 1 fully saturated rings. The van der Waals surface area contributed by atoms with Crippen LogP contribution in [0.4, 0.5) is 16.2 Å². The van der Waals surface area contributed by atoms with Crippen LogP contribution in [0.5, 0.6) is 5.75 Å². The lowest BCUT2D eigenvalue weighted by Gasteiger charge is -2.17. The van der Waals surface area contributed by atoms with E-state index in [1.807, 2.05) is 6.92 Å². The van der Waals surface area contributed by atoms with Gasteiger partial charge in [0.1, 0.15) is 5.75 Å². The number of non-ortho nitro benzene ring substituents is 1. The average Bonchev–Trinajstić information content (AvgIpc) is 2.96. The monoisotopic (exact) mass is 384 g/mol. The number of imide groups is 1. The third-order valence-corrected chi connectivity index (χ3v) is 5.07. The van der Waals surface area contributed by atoms with Gasteiger partial charge in [0.15, 0.2) is 0 Å². The maximum atomic E-state index is 12.9. The number of allylic oxidation sites excluding steroid dienone is 1. The fraction of sp³-hybridized carbons (Fsp3) is 0.158. The van der Waals surface area contributed by atoms with Gasteiger partial charge in [-0.3, -0.25) is 19.7 Å². The molecule has 0 aliphatic carbocycles. The highest BCUT2D eigenvalue weighted by Crippen LogP contribution is 2.41. The van der Waals surface area contributed by atoms with Crippen molar-refractivity contribution in [3.05, 3.63) is 69.1 Å². The summed E-state index contributed by atoms with van der Waals surface area (Å²) < 4.78 is 5.53. The van der Waals surface area contributed by atoms with Crippen LogP contribution in [0, 0.1) is 10.1 Å². The van der Waals surface area contributed by atoms with Gasteiger partial charge in [0, 0.05) is 12.1 Å². The molecule has 3 rings (SSSR count). The molecule has 1 saturated heterocycles. The number of amides is 2. The molecule has 0 unspecified atom stereocenters. The fourth-order valence-corrected chi connectivity index (χ4v) is 3.59. The average molecular weight is 384 g/mol. The molecule has 0 radical (unpaired) electrons. The number of hydrogen-bond acceptors (Lipinski definition) is 6. The predicted molar refractivity (Wildman–Crippen MR) is 104 cm³/mol. The number of carbonyl (C=O) groups is 2. The summed E-state index contributed by atoms with van der Waals surface area (Å²) >= 11 is 0.844. The molecular weight excluding hydrogens is 368 g/mol. The van der Waals surface area contributed by atoms with Gasteiger partial charge in [-0.2, -0.15) is 0 Å². The van der Waals surface area contributed by atoms with Gasteiger partial charge in [-0.25, -0.2) is 4.90 Å². The highest BCUT2D eigenvalue weighted by Gasteiger charge is 2.39. The van der Waals surface area contributed by atoms with E-state index in [1.165, 1.54) is 12.1 Å². The Morgan fingerprint density at radius 3 is 2.44 bits per heavy atom. The minimum absolute atomic E-state index is 0.0368. The Morgan fingerprint density at radius 2 is 1.81 bits per heavy atom. The number of nitro groups is 1. The molecule has 0 atom stereocenters. The van der Waals surface area contributed by atoms with E-state index in [0.717, 1.165) is 16.7 Å². The van der Waals surface area contributed by atoms with Crippen LogP contribution in [-0.4, -0.2) is 22.7 Å². The second-order valence-corrected chi connectivity index (χ2v) is 6.63. The van der Waals surface area contributed by atoms with Crippen molar-refractivity contribution in [3.63, 3.8) is 0 Å². The standard InChI is InChI=1S/C19H16N2O5S/c1-3-26-16-7-5-4-6-15(16)20-18(22)17(27-19(20)23)12(2)13-8-10-14(11-9-13)21(24)25/h4-11H,3H2,1-2H3/b17-12-. The number of anilines is 1. The van der Waals surface area contributed by atoms with Crippen LogP contribution in [0.1, 0.15) is 19.4 Å². The molecular formula is C19H16N2O5S. The number of ether oxygens (including phenoxy) is 1. The van der Waals surface area contributed by atoms with Crippen LogP contribution in [0.15, 0.2) is 53.4 Å². The molecule has 2 aromatic rings. The van der Waals surface area contributed by atoms with Gasteiger partial charge in [0.2, 0.25) is 0 Å². The molecule has 27 heavy (non-hydrogen) atoms. The van der Waals surface area contributed by atoms with Crippen molar-refractivity contribution >= 4 is 39.9 Å². The Hall–Kier alpha value is -3.13. The van der Waals surface area contributed by atoms with Crippen LogP contribution >= 0.6 is 11.8 Å². The van der Waals surface area contributed by atoms with Crippen molar-refractivity contribution in [1.82, 2.24) is 0 Å². The zero-order chi connectivity index (χ0) is 19.6. The number of thioether (sulfide) groups is 1. The van der Waals surface area contributed by atoms with Crippen molar-refractivity contribution in [1.29, 1.82) is 0 Å².